The molecule has 0 aliphatic rings. The van der Waals surface area contributed by atoms with Crippen molar-refractivity contribution in [1.29, 1.82) is 0 Å². The van der Waals surface area contributed by atoms with Gasteiger partial charge in [0.15, 0.2) is 0 Å². The van der Waals surface area contributed by atoms with Crippen molar-refractivity contribution in [3.05, 3.63) is 23.9 Å². The highest BCUT2D eigenvalue weighted by atomic mass is 32.2. The average molecular weight is 254 g/mol. The highest BCUT2D eigenvalue weighted by Crippen LogP contribution is 2.14. The second-order valence-corrected chi connectivity index (χ2v) is 4.88. The van der Waals surface area contributed by atoms with E-state index in [1.165, 1.54) is 5.56 Å². The molecule has 0 saturated carbocycles. The zero-order valence-electron chi connectivity index (χ0n) is 10.6. The third-order valence-corrected chi connectivity index (χ3v) is 3.70. The van der Waals surface area contributed by atoms with E-state index < -0.39 is 0 Å². The maximum absolute atomic E-state index is 5.32. The average Bonchev–Trinajstić information content (AvgIpc) is 2.39. The molecular formula is C12H22N4S. The highest BCUT2D eigenvalue weighted by Gasteiger charge is 2.00. The van der Waals surface area contributed by atoms with E-state index in [9.17, 15) is 0 Å². The monoisotopic (exact) mass is 254 g/mol. The molecule has 17 heavy (non-hydrogen) atoms. The summed E-state index contributed by atoms with van der Waals surface area (Å²) >= 11 is 1.95. The minimum absolute atomic E-state index is 0.729. The number of pyridine rings is 1. The number of hydrazine groups is 1. The molecule has 0 fully saturated rings. The zero-order chi connectivity index (χ0) is 12.5. The molecule has 0 amide bonds. The molecular weight excluding hydrogens is 232 g/mol. The van der Waals surface area contributed by atoms with Crippen LogP contribution in [0.4, 0.5) is 5.82 Å². The van der Waals surface area contributed by atoms with Crippen LogP contribution >= 0.6 is 11.8 Å². The fraction of sp³-hybridized carbons (Fsp3) is 0.583. The zero-order valence-corrected chi connectivity index (χ0v) is 11.5. The van der Waals surface area contributed by atoms with Gasteiger partial charge in [0.05, 0.1) is 0 Å². The van der Waals surface area contributed by atoms with E-state index in [0.29, 0.717) is 0 Å². The van der Waals surface area contributed by atoms with E-state index in [2.05, 4.69) is 29.2 Å². The summed E-state index contributed by atoms with van der Waals surface area (Å²) in [7, 11) is 0. The van der Waals surface area contributed by atoms with Crippen molar-refractivity contribution in [2.24, 2.45) is 5.84 Å². The molecule has 0 aliphatic carbocycles. The largest absolute Gasteiger partial charge is 0.308 e. The van der Waals surface area contributed by atoms with E-state index in [1.54, 1.807) is 6.20 Å². The van der Waals surface area contributed by atoms with Gasteiger partial charge in [-0.3, -0.25) is 0 Å². The number of rotatable bonds is 8. The van der Waals surface area contributed by atoms with Gasteiger partial charge in [0, 0.05) is 24.2 Å². The van der Waals surface area contributed by atoms with Crippen LogP contribution in [-0.4, -0.2) is 35.3 Å². The van der Waals surface area contributed by atoms with Crippen LogP contribution in [0, 0.1) is 0 Å². The number of anilines is 1. The lowest BCUT2D eigenvalue weighted by atomic mass is 10.3. The summed E-state index contributed by atoms with van der Waals surface area (Å²) in [6.07, 6.45) is 1.79. The molecule has 0 aliphatic heterocycles. The van der Waals surface area contributed by atoms with Gasteiger partial charge in [-0.05, 0) is 30.8 Å². The van der Waals surface area contributed by atoms with Gasteiger partial charge >= 0.3 is 0 Å². The lowest BCUT2D eigenvalue weighted by molar-refractivity contribution is 0.324. The van der Waals surface area contributed by atoms with E-state index >= 15 is 0 Å². The van der Waals surface area contributed by atoms with Crippen LogP contribution in [0.1, 0.15) is 19.4 Å². The second kappa shape index (κ2) is 8.33. The van der Waals surface area contributed by atoms with Crippen molar-refractivity contribution in [3.8, 4) is 0 Å². The Labute approximate surface area is 108 Å². The van der Waals surface area contributed by atoms with Gasteiger partial charge in [-0.15, -0.1) is 0 Å². The molecule has 0 atom stereocenters. The van der Waals surface area contributed by atoms with Gasteiger partial charge in [0.1, 0.15) is 5.82 Å². The predicted octanol–water partition coefficient (Wildman–Crippen LogP) is 1.94. The van der Waals surface area contributed by atoms with Crippen LogP contribution < -0.4 is 11.3 Å². The molecule has 96 valence electrons. The summed E-state index contributed by atoms with van der Waals surface area (Å²) in [6.45, 7) is 7.83. The first kappa shape index (κ1) is 14.3. The summed E-state index contributed by atoms with van der Waals surface area (Å²) in [4.78, 5) is 6.52. The fourth-order valence-electron chi connectivity index (χ4n) is 1.57. The summed E-state index contributed by atoms with van der Waals surface area (Å²) < 4.78 is 0. The van der Waals surface area contributed by atoms with Crippen molar-refractivity contribution in [2.75, 3.05) is 30.8 Å². The number of nitrogen functional groups attached to an aromatic ring is 1. The maximum Gasteiger partial charge on any atom is 0.140 e. The molecule has 0 bridgehead atoms. The SMILES string of the molecule is CCN(CC)CCSCc1ccnc(NN)c1. The van der Waals surface area contributed by atoms with Gasteiger partial charge < -0.3 is 10.3 Å². The van der Waals surface area contributed by atoms with Crippen LogP contribution in [0.5, 0.6) is 0 Å². The molecule has 5 heteroatoms. The lowest BCUT2D eigenvalue weighted by Crippen LogP contribution is -2.25. The van der Waals surface area contributed by atoms with Crippen LogP contribution in [-0.2, 0) is 5.75 Å². The number of aromatic nitrogens is 1. The second-order valence-electron chi connectivity index (χ2n) is 3.77. The molecule has 1 aromatic rings. The molecule has 1 aromatic heterocycles. The number of nitrogens with zero attached hydrogens (tertiary/aromatic N) is 2. The van der Waals surface area contributed by atoms with Crippen LogP contribution in [0.3, 0.4) is 0 Å². The molecule has 1 rings (SSSR count). The standard InChI is InChI=1S/C12H22N4S/c1-3-16(4-2)7-8-17-10-11-5-6-14-12(9-11)15-13/h5-6,9H,3-4,7-8,10,13H2,1-2H3,(H,14,15). The molecule has 0 aromatic carbocycles. The van der Waals surface area contributed by atoms with E-state index in [1.807, 2.05) is 23.9 Å². The quantitative estimate of drug-likeness (QED) is 0.422. The van der Waals surface area contributed by atoms with E-state index in [-0.39, 0.29) is 0 Å². The molecule has 0 unspecified atom stereocenters. The first-order valence-corrected chi connectivity index (χ1v) is 7.17. The maximum atomic E-state index is 5.32. The van der Waals surface area contributed by atoms with Crippen molar-refractivity contribution in [2.45, 2.75) is 19.6 Å². The third kappa shape index (κ3) is 5.39. The Kier molecular flexibility index (Phi) is 7.00. The number of nitrogens with one attached hydrogen (secondary N) is 1. The number of hydrogen-bond acceptors (Lipinski definition) is 5. The minimum Gasteiger partial charge on any atom is -0.308 e. The Balaban J connectivity index is 2.26. The van der Waals surface area contributed by atoms with Crippen LogP contribution in [0.25, 0.3) is 0 Å². The summed E-state index contributed by atoms with van der Waals surface area (Å²) in [5.41, 5.74) is 3.83. The predicted molar refractivity (Wildman–Crippen MR) is 76.0 cm³/mol. The van der Waals surface area contributed by atoms with Crippen molar-refractivity contribution in [3.63, 3.8) is 0 Å². The van der Waals surface area contributed by atoms with Gasteiger partial charge in [0.2, 0.25) is 0 Å². The van der Waals surface area contributed by atoms with Crippen LogP contribution in [0.2, 0.25) is 0 Å². The van der Waals surface area contributed by atoms with Gasteiger partial charge in [-0.25, -0.2) is 10.8 Å². The molecule has 3 N–H and O–H groups in total. The minimum atomic E-state index is 0.729. The fourth-order valence-corrected chi connectivity index (χ4v) is 2.51. The molecule has 1 heterocycles. The lowest BCUT2D eigenvalue weighted by Gasteiger charge is -2.17. The first-order valence-electron chi connectivity index (χ1n) is 6.01. The molecule has 0 radical (unpaired) electrons. The van der Waals surface area contributed by atoms with Gasteiger partial charge in [-0.2, -0.15) is 11.8 Å². The third-order valence-electron chi connectivity index (χ3n) is 2.69. The summed E-state index contributed by atoms with van der Waals surface area (Å²) in [5.74, 6) is 8.23. The number of nitrogens with two attached hydrogens (primary N) is 1. The van der Waals surface area contributed by atoms with E-state index in [4.69, 9.17) is 5.84 Å². The van der Waals surface area contributed by atoms with Crippen molar-refractivity contribution >= 4 is 17.6 Å². The van der Waals surface area contributed by atoms with Crippen molar-refractivity contribution < 1.29 is 0 Å². The van der Waals surface area contributed by atoms with E-state index in [0.717, 1.165) is 37.0 Å². The van der Waals surface area contributed by atoms with Crippen molar-refractivity contribution in [1.82, 2.24) is 9.88 Å². The van der Waals surface area contributed by atoms with Gasteiger partial charge in [-0.1, -0.05) is 13.8 Å². The molecule has 0 spiro atoms. The van der Waals surface area contributed by atoms with Gasteiger partial charge in [0.25, 0.3) is 0 Å². The Morgan fingerprint density at radius 3 is 2.82 bits per heavy atom. The highest BCUT2D eigenvalue weighted by molar-refractivity contribution is 7.98. The smallest absolute Gasteiger partial charge is 0.140 e. The Morgan fingerprint density at radius 2 is 2.18 bits per heavy atom. The topological polar surface area (TPSA) is 54.2 Å². The first-order chi connectivity index (χ1) is 8.30. The summed E-state index contributed by atoms with van der Waals surface area (Å²) in [5, 5.41) is 0. The number of thioether (sulfide) groups is 1. The number of hydrogen-bond donors (Lipinski definition) is 2. The Hall–Kier alpha value is -0.780. The molecule has 4 nitrogen and oxygen atoms in total. The molecule has 0 saturated heterocycles. The normalized spacial score (nSPS) is 10.8. The van der Waals surface area contributed by atoms with Crippen LogP contribution in [0.15, 0.2) is 18.3 Å². The Morgan fingerprint density at radius 1 is 1.41 bits per heavy atom. The summed E-state index contributed by atoms with van der Waals surface area (Å²) in [6, 6.07) is 4.02. The Bertz CT molecular complexity index is 315.